The third-order valence-electron chi connectivity index (χ3n) is 2.63. The number of aromatic nitrogens is 2. The van der Waals surface area contributed by atoms with Crippen LogP contribution in [-0.2, 0) is 6.54 Å². The van der Waals surface area contributed by atoms with Crippen molar-refractivity contribution >= 4 is 0 Å². The highest BCUT2D eigenvalue weighted by Crippen LogP contribution is 2.19. The summed E-state index contributed by atoms with van der Waals surface area (Å²) in [4.78, 5) is 0. The van der Waals surface area contributed by atoms with Gasteiger partial charge in [-0.15, -0.1) is 0 Å². The van der Waals surface area contributed by atoms with Crippen LogP contribution in [0.4, 0.5) is 0 Å². The molecule has 0 radical (unpaired) electrons. The minimum atomic E-state index is 0.0717. The summed E-state index contributed by atoms with van der Waals surface area (Å²) in [6, 6.07) is 7.79. The summed E-state index contributed by atoms with van der Waals surface area (Å²) in [5.41, 5.74) is 1.94. The van der Waals surface area contributed by atoms with Gasteiger partial charge in [0.2, 0.25) is 0 Å². The maximum atomic E-state index is 8.75. The van der Waals surface area contributed by atoms with Gasteiger partial charge < -0.3 is 9.84 Å². The van der Waals surface area contributed by atoms with Crippen LogP contribution < -0.4 is 4.74 Å². The maximum absolute atomic E-state index is 8.75. The van der Waals surface area contributed by atoms with Gasteiger partial charge in [-0.1, -0.05) is 17.9 Å². The molecule has 1 aromatic carbocycles. The Hall–Kier alpha value is -2.25. The minimum Gasteiger partial charge on any atom is -0.495 e. The molecule has 1 aromatic heterocycles. The topological polar surface area (TPSA) is 47.3 Å². The zero-order chi connectivity index (χ0) is 13.5. The number of aliphatic hydroxyl groups is 1. The highest BCUT2D eigenvalue weighted by atomic mass is 16.5. The van der Waals surface area contributed by atoms with E-state index in [1.807, 2.05) is 35.1 Å². The molecule has 0 amide bonds. The summed E-state index contributed by atoms with van der Waals surface area (Å²) in [5.74, 6) is 6.68. The molecule has 0 aliphatic carbocycles. The third-order valence-corrected chi connectivity index (χ3v) is 2.63. The molecule has 19 heavy (non-hydrogen) atoms. The molecule has 1 heterocycles. The van der Waals surface area contributed by atoms with Gasteiger partial charge in [0.15, 0.2) is 0 Å². The van der Waals surface area contributed by atoms with Gasteiger partial charge >= 0.3 is 0 Å². The second kappa shape index (κ2) is 6.62. The molecular weight excluding hydrogens is 240 g/mol. The van der Waals surface area contributed by atoms with E-state index in [4.69, 9.17) is 9.84 Å². The standard InChI is InChI=1S/C15H16N2O2/c1-19-15-7-6-13(12-17-9-4-8-16-17)11-14(15)5-2-3-10-18/h4,6-9,11,18H,3,10,12H2,1H3. The molecule has 0 aliphatic heterocycles. The lowest BCUT2D eigenvalue weighted by Gasteiger charge is -2.07. The first kappa shape index (κ1) is 13.2. The van der Waals surface area contributed by atoms with Gasteiger partial charge in [-0.25, -0.2) is 0 Å². The lowest BCUT2D eigenvalue weighted by Crippen LogP contribution is -2.00. The molecule has 2 rings (SSSR count). The van der Waals surface area contributed by atoms with Crippen molar-refractivity contribution < 1.29 is 9.84 Å². The van der Waals surface area contributed by atoms with E-state index in [-0.39, 0.29) is 6.61 Å². The van der Waals surface area contributed by atoms with Gasteiger partial charge in [-0.3, -0.25) is 4.68 Å². The van der Waals surface area contributed by atoms with Crippen LogP contribution in [-0.4, -0.2) is 28.6 Å². The zero-order valence-electron chi connectivity index (χ0n) is 10.8. The molecule has 98 valence electrons. The fourth-order valence-corrected chi connectivity index (χ4v) is 1.75. The smallest absolute Gasteiger partial charge is 0.134 e. The molecule has 0 unspecified atom stereocenters. The van der Waals surface area contributed by atoms with Crippen LogP contribution >= 0.6 is 0 Å². The van der Waals surface area contributed by atoms with Gasteiger partial charge in [0, 0.05) is 18.8 Å². The predicted octanol–water partition coefficient (Wildman–Crippen LogP) is 1.67. The molecule has 0 saturated heterocycles. The molecular formula is C15H16N2O2. The zero-order valence-corrected chi connectivity index (χ0v) is 10.8. The van der Waals surface area contributed by atoms with Crippen molar-refractivity contribution in [3.8, 4) is 17.6 Å². The monoisotopic (exact) mass is 256 g/mol. The van der Waals surface area contributed by atoms with Crippen LogP contribution in [0, 0.1) is 11.8 Å². The molecule has 0 aliphatic rings. The average Bonchev–Trinajstić information content (AvgIpc) is 2.92. The molecule has 4 heteroatoms. The van der Waals surface area contributed by atoms with E-state index in [0.29, 0.717) is 13.0 Å². The maximum Gasteiger partial charge on any atom is 0.134 e. The van der Waals surface area contributed by atoms with Crippen LogP contribution in [0.2, 0.25) is 0 Å². The van der Waals surface area contributed by atoms with E-state index in [0.717, 1.165) is 16.9 Å². The predicted molar refractivity (Wildman–Crippen MR) is 72.9 cm³/mol. The van der Waals surface area contributed by atoms with Crippen LogP contribution in [0.15, 0.2) is 36.7 Å². The van der Waals surface area contributed by atoms with E-state index in [9.17, 15) is 0 Å². The first-order chi connectivity index (χ1) is 9.33. The molecule has 0 spiro atoms. The minimum absolute atomic E-state index is 0.0717. The highest BCUT2D eigenvalue weighted by Gasteiger charge is 2.03. The quantitative estimate of drug-likeness (QED) is 0.847. The Morgan fingerprint density at radius 3 is 3.00 bits per heavy atom. The van der Waals surface area contributed by atoms with Crippen molar-refractivity contribution in [3.63, 3.8) is 0 Å². The second-order valence-electron chi connectivity index (χ2n) is 4.01. The van der Waals surface area contributed by atoms with Crippen molar-refractivity contribution in [3.05, 3.63) is 47.8 Å². The van der Waals surface area contributed by atoms with Gasteiger partial charge in [0.05, 0.1) is 25.8 Å². The highest BCUT2D eigenvalue weighted by molar-refractivity contribution is 5.48. The number of ether oxygens (including phenoxy) is 1. The SMILES string of the molecule is COc1ccc(Cn2cccn2)cc1C#CCCO. The number of rotatable bonds is 4. The van der Waals surface area contributed by atoms with Gasteiger partial charge in [-0.05, 0) is 23.8 Å². The van der Waals surface area contributed by atoms with E-state index in [1.165, 1.54) is 0 Å². The van der Waals surface area contributed by atoms with Crippen molar-refractivity contribution in [1.82, 2.24) is 9.78 Å². The fraction of sp³-hybridized carbons (Fsp3) is 0.267. The normalized spacial score (nSPS) is 9.79. The van der Waals surface area contributed by atoms with Crippen molar-refractivity contribution in [2.24, 2.45) is 0 Å². The first-order valence-electron chi connectivity index (χ1n) is 6.07. The first-order valence-corrected chi connectivity index (χ1v) is 6.07. The number of benzene rings is 1. The lowest BCUT2D eigenvalue weighted by atomic mass is 10.1. The number of hydrogen-bond donors (Lipinski definition) is 1. The Balaban J connectivity index is 2.23. The summed E-state index contributed by atoms with van der Waals surface area (Å²) in [7, 11) is 1.62. The Kier molecular flexibility index (Phi) is 4.60. The van der Waals surface area contributed by atoms with Crippen LogP contribution in [0.3, 0.4) is 0 Å². The second-order valence-corrected chi connectivity index (χ2v) is 4.01. The van der Waals surface area contributed by atoms with Crippen molar-refractivity contribution in [1.29, 1.82) is 0 Å². The van der Waals surface area contributed by atoms with Crippen LogP contribution in [0.1, 0.15) is 17.5 Å². The van der Waals surface area contributed by atoms with E-state index in [2.05, 4.69) is 16.9 Å². The van der Waals surface area contributed by atoms with E-state index >= 15 is 0 Å². The summed E-state index contributed by atoms with van der Waals surface area (Å²) in [6.45, 7) is 0.772. The summed E-state index contributed by atoms with van der Waals surface area (Å²) in [6.07, 6.45) is 4.14. The fourth-order valence-electron chi connectivity index (χ4n) is 1.75. The molecule has 0 saturated carbocycles. The Labute approximate surface area is 112 Å². The Morgan fingerprint density at radius 2 is 2.32 bits per heavy atom. The summed E-state index contributed by atoms with van der Waals surface area (Å²) in [5, 5.41) is 12.9. The van der Waals surface area contributed by atoms with E-state index in [1.54, 1.807) is 13.3 Å². The van der Waals surface area contributed by atoms with Gasteiger partial charge in [0.1, 0.15) is 5.75 Å². The molecule has 0 bridgehead atoms. The van der Waals surface area contributed by atoms with Crippen LogP contribution in [0.25, 0.3) is 0 Å². The molecule has 1 N–H and O–H groups in total. The molecule has 4 nitrogen and oxygen atoms in total. The molecule has 0 atom stereocenters. The summed E-state index contributed by atoms with van der Waals surface area (Å²) >= 11 is 0. The molecule has 2 aromatic rings. The number of nitrogens with zero attached hydrogens (tertiary/aromatic N) is 2. The van der Waals surface area contributed by atoms with Crippen molar-refractivity contribution in [2.45, 2.75) is 13.0 Å². The Bertz CT molecular complexity index is 580. The van der Waals surface area contributed by atoms with Crippen molar-refractivity contribution in [2.75, 3.05) is 13.7 Å². The summed E-state index contributed by atoms with van der Waals surface area (Å²) < 4.78 is 7.13. The largest absolute Gasteiger partial charge is 0.495 e. The lowest BCUT2D eigenvalue weighted by molar-refractivity contribution is 0.305. The number of hydrogen-bond acceptors (Lipinski definition) is 3. The van der Waals surface area contributed by atoms with Crippen LogP contribution in [0.5, 0.6) is 5.75 Å². The molecule has 0 fully saturated rings. The van der Waals surface area contributed by atoms with Gasteiger partial charge in [0.25, 0.3) is 0 Å². The third kappa shape index (κ3) is 3.60. The average molecular weight is 256 g/mol. The van der Waals surface area contributed by atoms with E-state index < -0.39 is 0 Å². The van der Waals surface area contributed by atoms with Gasteiger partial charge in [-0.2, -0.15) is 5.10 Å². The number of aliphatic hydroxyl groups excluding tert-OH is 1. The number of methoxy groups -OCH3 is 1. The Morgan fingerprint density at radius 1 is 1.42 bits per heavy atom.